The Labute approximate surface area is 100 Å². The summed E-state index contributed by atoms with van der Waals surface area (Å²) in [7, 11) is 0. The van der Waals surface area contributed by atoms with Crippen molar-refractivity contribution in [3.05, 3.63) is 23.8 Å². The maximum atomic E-state index is 11.6. The number of phenolic OH excluding ortho intramolecular Hbond substituents is 2. The number of hydrogen-bond donors (Lipinski definition) is 4. The van der Waals surface area contributed by atoms with Crippen molar-refractivity contribution in [3.8, 4) is 11.5 Å². The van der Waals surface area contributed by atoms with Gasteiger partial charge in [0.25, 0.3) is 0 Å². The maximum absolute atomic E-state index is 11.6. The number of benzene rings is 1. The van der Waals surface area contributed by atoms with E-state index >= 15 is 0 Å². The van der Waals surface area contributed by atoms with Gasteiger partial charge in [-0.1, -0.05) is 6.07 Å². The molecule has 0 radical (unpaired) electrons. The first-order valence-corrected chi connectivity index (χ1v) is 5.47. The summed E-state index contributed by atoms with van der Waals surface area (Å²) in [5.41, 5.74) is 6.43. The fourth-order valence-electron chi connectivity index (χ4n) is 1.43. The number of hydrogen-bond acceptors (Lipinski definition) is 4. The van der Waals surface area contributed by atoms with Crippen molar-refractivity contribution < 1.29 is 15.0 Å². The Balaban J connectivity index is 2.64. The Bertz CT molecular complexity index is 405. The number of nitrogens with one attached hydrogen (secondary N) is 1. The molecule has 0 bridgehead atoms. The van der Waals surface area contributed by atoms with Crippen molar-refractivity contribution in [2.75, 3.05) is 0 Å². The van der Waals surface area contributed by atoms with Crippen LogP contribution in [0.2, 0.25) is 0 Å². The summed E-state index contributed by atoms with van der Waals surface area (Å²) in [5.74, 6) is -0.625. The molecule has 0 spiro atoms. The third kappa shape index (κ3) is 3.96. The molecule has 0 saturated heterocycles. The quantitative estimate of drug-likeness (QED) is 0.574. The highest BCUT2D eigenvalue weighted by molar-refractivity contribution is 5.82. The van der Waals surface area contributed by atoms with Crippen LogP contribution in [0.4, 0.5) is 0 Å². The molecule has 0 aliphatic carbocycles. The summed E-state index contributed by atoms with van der Waals surface area (Å²) in [6, 6.07) is 3.77. The van der Waals surface area contributed by atoms with Crippen LogP contribution in [0.25, 0.3) is 0 Å². The molecule has 0 heterocycles. The van der Waals surface area contributed by atoms with Crippen LogP contribution in [0.15, 0.2) is 18.2 Å². The molecule has 5 N–H and O–H groups in total. The fourth-order valence-corrected chi connectivity index (χ4v) is 1.43. The largest absolute Gasteiger partial charge is 0.504 e. The highest BCUT2D eigenvalue weighted by Crippen LogP contribution is 2.25. The smallest absolute Gasteiger partial charge is 0.237 e. The number of nitrogens with two attached hydrogens (primary N) is 1. The van der Waals surface area contributed by atoms with Crippen molar-refractivity contribution >= 4 is 5.91 Å². The van der Waals surface area contributed by atoms with Gasteiger partial charge in [-0.3, -0.25) is 4.79 Å². The van der Waals surface area contributed by atoms with E-state index < -0.39 is 6.04 Å². The highest BCUT2D eigenvalue weighted by atomic mass is 16.3. The van der Waals surface area contributed by atoms with Gasteiger partial charge in [-0.2, -0.15) is 0 Å². The molecule has 0 fully saturated rings. The number of carbonyl (C=O) groups excluding carboxylic acids is 1. The van der Waals surface area contributed by atoms with E-state index in [1.807, 2.05) is 13.8 Å². The molecule has 5 nitrogen and oxygen atoms in total. The molecule has 5 heteroatoms. The van der Waals surface area contributed by atoms with E-state index in [2.05, 4.69) is 5.32 Å². The van der Waals surface area contributed by atoms with Gasteiger partial charge in [-0.25, -0.2) is 0 Å². The van der Waals surface area contributed by atoms with Crippen LogP contribution in [-0.4, -0.2) is 28.2 Å². The Morgan fingerprint density at radius 1 is 1.35 bits per heavy atom. The second-order valence-corrected chi connectivity index (χ2v) is 4.30. The van der Waals surface area contributed by atoms with Gasteiger partial charge in [0.15, 0.2) is 11.5 Å². The lowest BCUT2D eigenvalue weighted by Gasteiger charge is -2.14. The van der Waals surface area contributed by atoms with Crippen LogP contribution in [0.3, 0.4) is 0 Å². The van der Waals surface area contributed by atoms with Gasteiger partial charge in [0.05, 0.1) is 6.04 Å². The first kappa shape index (κ1) is 13.3. The third-order valence-corrected chi connectivity index (χ3v) is 2.26. The molecule has 94 valence electrons. The van der Waals surface area contributed by atoms with Crippen LogP contribution < -0.4 is 11.1 Å². The van der Waals surface area contributed by atoms with Gasteiger partial charge in [-0.05, 0) is 38.0 Å². The molecule has 1 aromatic rings. The average molecular weight is 238 g/mol. The summed E-state index contributed by atoms with van der Waals surface area (Å²) in [6.45, 7) is 3.72. The predicted octanol–water partition coefficient (Wildman–Crippen LogP) is 0.492. The van der Waals surface area contributed by atoms with E-state index in [1.165, 1.54) is 12.1 Å². The van der Waals surface area contributed by atoms with Gasteiger partial charge >= 0.3 is 0 Å². The monoisotopic (exact) mass is 238 g/mol. The Morgan fingerprint density at radius 2 is 2.00 bits per heavy atom. The maximum Gasteiger partial charge on any atom is 0.237 e. The van der Waals surface area contributed by atoms with Crippen molar-refractivity contribution in [1.29, 1.82) is 0 Å². The van der Waals surface area contributed by atoms with Gasteiger partial charge in [0, 0.05) is 6.04 Å². The van der Waals surface area contributed by atoms with E-state index in [9.17, 15) is 9.90 Å². The first-order chi connectivity index (χ1) is 7.90. The first-order valence-electron chi connectivity index (χ1n) is 5.47. The zero-order valence-electron chi connectivity index (χ0n) is 9.97. The summed E-state index contributed by atoms with van der Waals surface area (Å²) in [6.07, 6.45) is 0.312. The Morgan fingerprint density at radius 3 is 2.53 bits per heavy atom. The molecular formula is C12H18N2O3. The minimum absolute atomic E-state index is 0.0433. The minimum atomic E-state index is -0.665. The van der Waals surface area contributed by atoms with Crippen molar-refractivity contribution in [2.45, 2.75) is 32.4 Å². The zero-order chi connectivity index (χ0) is 13.0. The van der Waals surface area contributed by atoms with Crippen LogP contribution in [0, 0.1) is 0 Å². The summed E-state index contributed by atoms with van der Waals surface area (Å²) < 4.78 is 0. The summed E-state index contributed by atoms with van der Waals surface area (Å²) in [4.78, 5) is 11.6. The number of rotatable bonds is 4. The molecule has 1 atom stereocenters. The standard InChI is InChI=1S/C12H18N2O3/c1-7(2)14-12(17)9(13)5-8-3-4-10(15)11(16)6-8/h3-4,6-7,9,15-16H,5,13H2,1-2H3,(H,14,17)/t9-/m0/s1. The molecule has 0 unspecified atom stereocenters. The number of amides is 1. The lowest BCUT2D eigenvalue weighted by atomic mass is 10.1. The second kappa shape index (κ2) is 5.54. The molecular weight excluding hydrogens is 220 g/mol. The lowest BCUT2D eigenvalue weighted by Crippen LogP contribution is -2.44. The Hall–Kier alpha value is -1.75. The van der Waals surface area contributed by atoms with Gasteiger partial charge in [0.2, 0.25) is 5.91 Å². The summed E-state index contributed by atoms with van der Waals surface area (Å²) >= 11 is 0. The van der Waals surface area contributed by atoms with Crippen LogP contribution in [0.1, 0.15) is 19.4 Å². The highest BCUT2D eigenvalue weighted by Gasteiger charge is 2.15. The van der Waals surface area contributed by atoms with E-state index in [0.29, 0.717) is 12.0 Å². The van der Waals surface area contributed by atoms with Gasteiger partial charge < -0.3 is 21.3 Å². The number of carbonyl (C=O) groups is 1. The van der Waals surface area contributed by atoms with Crippen LogP contribution >= 0.6 is 0 Å². The Kier molecular flexibility index (Phi) is 4.34. The van der Waals surface area contributed by atoms with Crippen molar-refractivity contribution in [1.82, 2.24) is 5.32 Å². The number of aromatic hydroxyl groups is 2. The predicted molar refractivity (Wildman–Crippen MR) is 64.7 cm³/mol. The SMILES string of the molecule is CC(C)NC(=O)[C@@H](N)Cc1ccc(O)c(O)c1. The van der Waals surface area contributed by atoms with E-state index in [1.54, 1.807) is 6.07 Å². The molecule has 17 heavy (non-hydrogen) atoms. The lowest BCUT2D eigenvalue weighted by molar-refractivity contribution is -0.122. The molecule has 1 aromatic carbocycles. The van der Waals surface area contributed by atoms with Crippen molar-refractivity contribution in [2.24, 2.45) is 5.73 Å². The molecule has 0 saturated carbocycles. The normalized spacial score (nSPS) is 12.5. The van der Waals surface area contributed by atoms with Gasteiger partial charge in [-0.15, -0.1) is 0 Å². The summed E-state index contributed by atoms with van der Waals surface area (Å²) in [5, 5.41) is 21.2. The molecule has 1 amide bonds. The average Bonchev–Trinajstić information content (AvgIpc) is 2.22. The fraction of sp³-hybridized carbons (Fsp3) is 0.417. The van der Waals surface area contributed by atoms with Gasteiger partial charge in [0.1, 0.15) is 0 Å². The topological polar surface area (TPSA) is 95.6 Å². The van der Waals surface area contributed by atoms with Crippen LogP contribution in [-0.2, 0) is 11.2 Å². The third-order valence-electron chi connectivity index (χ3n) is 2.26. The minimum Gasteiger partial charge on any atom is -0.504 e. The zero-order valence-corrected chi connectivity index (χ0v) is 9.97. The molecule has 1 rings (SSSR count). The molecule has 0 aliphatic heterocycles. The van der Waals surface area contributed by atoms with Crippen molar-refractivity contribution in [3.63, 3.8) is 0 Å². The van der Waals surface area contributed by atoms with Crippen LogP contribution in [0.5, 0.6) is 11.5 Å². The molecule has 0 aromatic heterocycles. The van der Waals surface area contributed by atoms with E-state index in [4.69, 9.17) is 10.8 Å². The van der Waals surface area contributed by atoms with E-state index in [0.717, 1.165) is 0 Å². The second-order valence-electron chi connectivity index (χ2n) is 4.30. The molecule has 0 aliphatic rings. The number of phenols is 2. The van der Waals surface area contributed by atoms with E-state index in [-0.39, 0.29) is 23.4 Å².